The number of imidazole rings is 1. The van der Waals surface area contributed by atoms with E-state index in [1.54, 1.807) is 0 Å². The average Bonchev–Trinajstić information content (AvgIpc) is 2.73. The Morgan fingerprint density at radius 3 is 2.95 bits per heavy atom. The van der Waals surface area contributed by atoms with Crippen LogP contribution in [0, 0.1) is 4.77 Å². The standard InChI is InChI=1S/C14H20N2OS2/c1-4-17-12-7-5-6-11-13(12)15-14(18)16(11)9-8-10(2)19-3/h5-7,10H,4,8-9H2,1-3H3,(H,15,18). The van der Waals surface area contributed by atoms with E-state index in [9.17, 15) is 0 Å². The quantitative estimate of drug-likeness (QED) is 0.809. The molecule has 3 nitrogen and oxygen atoms in total. The van der Waals surface area contributed by atoms with Crippen molar-refractivity contribution < 1.29 is 4.74 Å². The fourth-order valence-corrected chi connectivity index (χ4v) is 2.71. The van der Waals surface area contributed by atoms with Crippen molar-refractivity contribution in [2.75, 3.05) is 12.9 Å². The van der Waals surface area contributed by atoms with Gasteiger partial charge in [-0.05, 0) is 44.0 Å². The first-order valence-corrected chi connectivity index (χ1v) is 8.24. The summed E-state index contributed by atoms with van der Waals surface area (Å²) < 4.78 is 8.58. The Morgan fingerprint density at radius 1 is 1.47 bits per heavy atom. The van der Waals surface area contributed by atoms with Crippen LogP contribution < -0.4 is 4.74 Å². The number of H-pyrrole nitrogens is 1. The number of ether oxygens (including phenoxy) is 1. The summed E-state index contributed by atoms with van der Waals surface area (Å²) in [7, 11) is 0. The van der Waals surface area contributed by atoms with E-state index in [1.165, 1.54) is 0 Å². The molecule has 0 bridgehead atoms. The van der Waals surface area contributed by atoms with Crippen LogP contribution in [-0.2, 0) is 6.54 Å². The minimum Gasteiger partial charge on any atom is -0.492 e. The third-order valence-electron chi connectivity index (χ3n) is 3.23. The molecule has 0 fully saturated rings. The van der Waals surface area contributed by atoms with E-state index < -0.39 is 0 Å². The summed E-state index contributed by atoms with van der Waals surface area (Å²) in [5.74, 6) is 0.878. The van der Waals surface area contributed by atoms with Crippen LogP contribution in [0.4, 0.5) is 0 Å². The van der Waals surface area contributed by atoms with Crippen molar-refractivity contribution in [3.8, 4) is 5.75 Å². The first-order valence-electron chi connectivity index (χ1n) is 6.54. The van der Waals surface area contributed by atoms with Gasteiger partial charge >= 0.3 is 0 Å². The number of aromatic nitrogens is 2. The van der Waals surface area contributed by atoms with Crippen LogP contribution in [0.5, 0.6) is 5.75 Å². The molecule has 1 atom stereocenters. The van der Waals surface area contributed by atoms with Gasteiger partial charge in [0.2, 0.25) is 0 Å². The maximum Gasteiger partial charge on any atom is 0.178 e. The zero-order valence-electron chi connectivity index (χ0n) is 11.6. The van der Waals surface area contributed by atoms with Gasteiger partial charge in [0.15, 0.2) is 4.77 Å². The van der Waals surface area contributed by atoms with Gasteiger partial charge in [0.25, 0.3) is 0 Å². The van der Waals surface area contributed by atoms with E-state index in [-0.39, 0.29) is 0 Å². The molecule has 1 N–H and O–H groups in total. The first kappa shape index (κ1) is 14.5. The van der Waals surface area contributed by atoms with Crippen molar-refractivity contribution in [2.24, 2.45) is 0 Å². The fourth-order valence-electron chi connectivity index (χ4n) is 2.08. The predicted molar refractivity (Wildman–Crippen MR) is 85.9 cm³/mol. The molecule has 2 rings (SSSR count). The van der Waals surface area contributed by atoms with Crippen molar-refractivity contribution >= 4 is 35.0 Å². The zero-order chi connectivity index (χ0) is 13.8. The van der Waals surface area contributed by atoms with Gasteiger partial charge in [-0.1, -0.05) is 13.0 Å². The first-order chi connectivity index (χ1) is 9.17. The van der Waals surface area contributed by atoms with Gasteiger partial charge < -0.3 is 14.3 Å². The molecule has 1 aromatic carbocycles. The van der Waals surface area contributed by atoms with Crippen LogP contribution in [0.15, 0.2) is 18.2 Å². The summed E-state index contributed by atoms with van der Waals surface area (Å²) in [5, 5.41) is 0.641. The maximum atomic E-state index is 5.64. The third kappa shape index (κ3) is 3.15. The van der Waals surface area contributed by atoms with Crippen LogP contribution in [-0.4, -0.2) is 27.7 Å². The molecule has 0 saturated heterocycles. The van der Waals surface area contributed by atoms with Crippen LogP contribution in [0.3, 0.4) is 0 Å². The number of benzene rings is 1. The molecular formula is C14H20N2OS2. The molecular weight excluding hydrogens is 276 g/mol. The Bertz CT molecular complexity index is 603. The summed E-state index contributed by atoms with van der Waals surface area (Å²) in [6.07, 6.45) is 3.26. The van der Waals surface area contributed by atoms with Crippen molar-refractivity contribution in [2.45, 2.75) is 32.1 Å². The SMILES string of the molecule is CCOc1cccc2c1[nH]c(=S)n2CCC(C)SC. The summed E-state index contributed by atoms with van der Waals surface area (Å²) in [6.45, 7) is 5.84. The highest BCUT2D eigenvalue weighted by Crippen LogP contribution is 2.25. The Labute approximate surface area is 123 Å². The van der Waals surface area contributed by atoms with Crippen LogP contribution in [0.25, 0.3) is 11.0 Å². The predicted octanol–water partition coefficient (Wildman–Crippen LogP) is 4.24. The van der Waals surface area contributed by atoms with Crippen molar-refractivity contribution in [1.82, 2.24) is 9.55 Å². The largest absolute Gasteiger partial charge is 0.492 e. The molecule has 0 radical (unpaired) electrons. The summed E-state index contributed by atoms with van der Waals surface area (Å²) in [4.78, 5) is 3.27. The second-order valence-electron chi connectivity index (χ2n) is 4.50. The highest BCUT2D eigenvalue weighted by atomic mass is 32.2. The van der Waals surface area contributed by atoms with Gasteiger partial charge in [0, 0.05) is 11.8 Å². The maximum absolute atomic E-state index is 5.64. The van der Waals surface area contributed by atoms with E-state index >= 15 is 0 Å². The highest BCUT2D eigenvalue weighted by Gasteiger charge is 2.09. The Morgan fingerprint density at radius 2 is 2.26 bits per heavy atom. The molecule has 0 aliphatic carbocycles. The minimum atomic E-state index is 0.641. The number of thioether (sulfide) groups is 1. The molecule has 104 valence electrons. The van der Waals surface area contributed by atoms with E-state index in [1.807, 2.05) is 30.8 Å². The second-order valence-corrected chi connectivity index (χ2v) is 6.16. The summed E-state index contributed by atoms with van der Waals surface area (Å²) in [5.41, 5.74) is 2.13. The smallest absolute Gasteiger partial charge is 0.178 e. The fraction of sp³-hybridized carbons (Fsp3) is 0.500. The molecule has 1 aromatic heterocycles. The summed E-state index contributed by atoms with van der Waals surface area (Å²) in [6, 6.07) is 6.09. The number of nitrogens with zero attached hydrogens (tertiary/aromatic N) is 1. The zero-order valence-corrected chi connectivity index (χ0v) is 13.2. The van der Waals surface area contributed by atoms with Gasteiger partial charge in [-0.3, -0.25) is 0 Å². The van der Waals surface area contributed by atoms with Crippen LogP contribution in [0.2, 0.25) is 0 Å². The summed E-state index contributed by atoms with van der Waals surface area (Å²) >= 11 is 7.32. The molecule has 0 aliphatic heterocycles. The number of fused-ring (bicyclic) bond motifs is 1. The molecule has 1 heterocycles. The normalized spacial score (nSPS) is 12.8. The monoisotopic (exact) mass is 296 g/mol. The van der Waals surface area contributed by atoms with Gasteiger partial charge in [0.05, 0.1) is 12.1 Å². The topological polar surface area (TPSA) is 29.9 Å². The number of nitrogens with one attached hydrogen (secondary N) is 1. The molecule has 19 heavy (non-hydrogen) atoms. The number of rotatable bonds is 6. The Balaban J connectivity index is 2.36. The third-order valence-corrected chi connectivity index (χ3v) is 4.60. The Kier molecular flexibility index (Phi) is 4.93. The van der Waals surface area contributed by atoms with Gasteiger partial charge in [-0.25, -0.2) is 0 Å². The van der Waals surface area contributed by atoms with Crippen molar-refractivity contribution in [3.63, 3.8) is 0 Å². The molecule has 2 aromatic rings. The van der Waals surface area contributed by atoms with Crippen LogP contribution >= 0.6 is 24.0 Å². The number of aryl methyl sites for hydroxylation is 1. The lowest BCUT2D eigenvalue weighted by Crippen LogP contribution is -2.04. The number of para-hydroxylation sites is 1. The van der Waals surface area contributed by atoms with Crippen molar-refractivity contribution in [3.05, 3.63) is 23.0 Å². The van der Waals surface area contributed by atoms with E-state index in [4.69, 9.17) is 17.0 Å². The highest BCUT2D eigenvalue weighted by molar-refractivity contribution is 7.99. The van der Waals surface area contributed by atoms with Gasteiger partial charge in [-0.2, -0.15) is 11.8 Å². The molecule has 0 amide bonds. The van der Waals surface area contributed by atoms with Crippen molar-refractivity contribution in [1.29, 1.82) is 0 Å². The lowest BCUT2D eigenvalue weighted by molar-refractivity contribution is 0.343. The molecule has 0 aliphatic rings. The minimum absolute atomic E-state index is 0.641. The number of hydrogen-bond donors (Lipinski definition) is 1. The molecule has 1 unspecified atom stereocenters. The van der Waals surface area contributed by atoms with E-state index in [2.05, 4.69) is 28.8 Å². The molecule has 0 saturated carbocycles. The van der Waals surface area contributed by atoms with Gasteiger partial charge in [0.1, 0.15) is 11.3 Å². The average molecular weight is 296 g/mol. The van der Waals surface area contributed by atoms with E-state index in [0.717, 1.165) is 34.5 Å². The molecule has 0 spiro atoms. The second kappa shape index (κ2) is 6.48. The molecule has 5 heteroatoms. The number of hydrogen-bond acceptors (Lipinski definition) is 3. The van der Waals surface area contributed by atoms with E-state index in [0.29, 0.717) is 11.9 Å². The number of aromatic amines is 1. The van der Waals surface area contributed by atoms with Crippen LogP contribution in [0.1, 0.15) is 20.3 Å². The Hall–Kier alpha value is -0.940. The lowest BCUT2D eigenvalue weighted by atomic mass is 10.2. The lowest BCUT2D eigenvalue weighted by Gasteiger charge is -2.09. The van der Waals surface area contributed by atoms with Gasteiger partial charge in [-0.15, -0.1) is 0 Å².